The van der Waals surface area contributed by atoms with Gasteiger partial charge in [-0.1, -0.05) is 12.1 Å². The van der Waals surface area contributed by atoms with Crippen molar-refractivity contribution in [3.8, 4) is 11.1 Å². The van der Waals surface area contributed by atoms with E-state index in [1.54, 1.807) is 0 Å². The average molecular weight is 265 g/mol. The van der Waals surface area contributed by atoms with Crippen molar-refractivity contribution in [3.63, 3.8) is 0 Å². The fourth-order valence-corrected chi connectivity index (χ4v) is 2.41. The number of H-pyrrole nitrogens is 1. The van der Waals surface area contributed by atoms with Crippen molar-refractivity contribution in [1.29, 1.82) is 0 Å². The number of benzene rings is 1. The van der Waals surface area contributed by atoms with Gasteiger partial charge in [0.05, 0.1) is 0 Å². The number of pyridine rings is 1. The Kier molecular flexibility index (Phi) is 3.18. The van der Waals surface area contributed by atoms with Crippen molar-refractivity contribution < 1.29 is 0 Å². The fraction of sp³-hybridized carbons (Fsp3) is 0.235. The van der Waals surface area contributed by atoms with Gasteiger partial charge >= 0.3 is 0 Å². The number of aryl methyl sites for hydroxylation is 1. The molecular weight excluding hydrogens is 246 g/mol. The minimum Gasteiger partial charge on any atom is -0.383 e. The highest BCUT2D eigenvalue weighted by Crippen LogP contribution is 2.26. The highest BCUT2D eigenvalue weighted by molar-refractivity contribution is 5.84. The van der Waals surface area contributed by atoms with Crippen LogP contribution < -0.4 is 5.32 Å². The summed E-state index contributed by atoms with van der Waals surface area (Å²) in [5.41, 5.74) is 5.65. The van der Waals surface area contributed by atoms with E-state index in [1.807, 2.05) is 12.4 Å². The molecule has 0 radical (unpaired) electrons. The van der Waals surface area contributed by atoms with Gasteiger partial charge in [0.2, 0.25) is 0 Å². The van der Waals surface area contributed by atoms with Crippen molar-refractivity contribution >= 4 is 16.7 Å². The first-order valence-electron chi connectivity index (χ1n) is 6.94. The summed E-state index contributed by atoms with van der Waals surface area (Å²) in [5, 5.41) is 4.62. The summed E-state index contributed by atoms with van der Waals surface area (Å²) in [4.78, 5) is 7.67. The molecule has 0 bridgehead atoms. The molecule has 0 unspecified atom stereocenters. The molecular formula is C17H19N3. The van der Waals surface area contributed by atoms with Gasteiger partial charge in [-0.3, -0.25) is 0 Å². The van der Waals surface area contributed by atoms with Crippen LogP contribution in [0.1, 0.15) is 19.4 Å². The normalized spacial score (nSPS) is 11.2. The summed E-state index contributed by atoms with van der Waals surface area (Å²) >= 11 is 0. The zero-order valence-corrected chi connectivity index (χ0v) is 12.1. The molecule has 3 rings (SSSR count). The second kappa shape index (κ2) is 5.00. The molecule has 0 aliphatic rings. The first-order chi connectivity index (χ1) is 9.63. The molecule has 102 valence electrons. The molecule has 3 aromatic rings. The Morgan fingerprint density at radius 1 is 1.15 bits per heavy atom. The molecule has 1 aromatic carbocycles. The van der Waals surface area contributed by atoms with Gasteiger partial charge in [0, 0.05) is 35.1 Å². The van der Waals surface area contributed by atoms with E-state index in [4.69, 9.17) is 0 Å². The second-order valence-electron chi connectivity index (χ2n) is 5.47. The van der Waals surface area contributed by atoms with Crippen LogP contribution in [0.15, 0.2) is 42.7 Å². The lowest BCUT2D eigenvalue weighted by atomic mass is 10.1. The molecule has 0 amide bonds. The number of nitrogens with zero attached hydrogens (tertiary/aromatic N) is 1. The Bertz CT molecular complexity index is 741. The van der Waals surface area contributed by atoms with Crippen molar-refractivity contribution in [1.82, 2.24) is 9.97 Å². The van der Waals surface area contributed by atoms with E-state index >= 15 is 0 Å². The third-order valence-electron chi connectivity index (χ3n) is 3.39. The van der Waals surface area contributed by atoms with E-state index in [-0.39, 0.29) is 0 Å². The van der Waals surface area contributed by atoms with Crippen LogP contribution in [-0.2, 0) is 0 Å². The maximum atomic E-state index is 4.49. The quantitative estimate of drug-likeness (QED) is 0.738. The van der Waals surface area contributed by atoms with E-state index in [2.05, 4.69) is 66.4 Å². The van der Waals surface area contributed by atoms with Crippen LogP contribution in [0.2, 0.25) is 0 Å². The minimum atomic E-state index is 0.428. The zero-order valence-electron chi connectivity index (χ0n) is 12.1. The minimum absolute atomic E-state index is 0.428. The number of anilines is 1. The van der Waals surface area contributed by atoms with E-state index in [0.29, 0.717) is 6.04 Å². The van der Waals surface area contributed by atoms with Crippen LogP contribution in [0.25, 0.3) is 22.2 Å². The van der Waals surface area contributed by atoms with E-state index in [9.17, 15) is 0 Å². The first kappa shape index (κ1) is 12.7. The standard InChI is InChI=1S/C17H19N3/c1-11(2)20-15-6-4-5-13(7-15)14-8-16-12(3)9-18-17(16)19-10-14/h4-11,20H,1-3H3,(H,18,19). The summed E-state index contributed by atoms with van der Waals surface area (Å²) in [6.07, 6.45) is 3.92. The molecule has 0 aliphatic carbocycles. The predicted octanol–water partition coefficient (Wildman–Crippen LogP) is 4.36. The van der Waals surface area contributed by atoms with Gasteiger partial charge in [-0.15, -0.1) is 0 Å². The van der Waals surface area contributed by atoms with Crippen molar-refractivity contribution in [2.45, 2.75) is 26.8 Å². The Morgan fingerprint density at radius 3 is 2.80 bits per heavy atom. The van der Waals surface area contributed by atoms with E-state index < -0.39 is 0 Å². The largest absolute Gasteiger partial charge is 0.383 e. The number of rotatable bonds is 3. The number of hydrogen-bond donors (Lipinski definition) is 2. The smallest absolute Gasteiger partial charge is 0.137 e. The van der Waals surface area contributed by atoms with Crippen molar-refractivity contribution in [2.24, 2.45) is 0 Å². The molecule has 0 spiro atoms. The van der Waals surface area contributed by atoms with Crippen LogP contribution >= 0.6 is 0 Å². The third-order valence-corrected chi connectivity index (χ3v) is 3.39. The van der Waals surface area contributed by atoms with Gasteiger partial charge < -0.3 is 10.3 Å². The van der Waals surface area contributed by atoms with Gasteiger partial charge in [-0.2, -0.15) is 0 Å². The molecule has 2 N–H and O–H groups in total. The molecule has 0 atom stereocenters. The Balaban J connectivity index is 2.03. The third kappa shape index (κ3) is 2.39. The van der Waals surface area contributed by atoms with Gasteiger partial charge in [0.15, 0.2) is 0 Å². The Morgan fingerprint density at radius 2 is 2.00 bits per heavy atom. The van der Waals surface area contributed by atoms with E-state index in [1.165, 1.54) is 16.5 Å². The maximum absolute atomic E-state index is 4.49. The summed E-state index contributed by atoms with van der Waals surface area (Å²) in [6.45, 7) is 6.38. The Hall–Kier alpha value is -2.29. The molecule has 2 aromatic heterocycles. The molecule has 2 heterocycles. The van der Waals surface area contributed by atoms with Crippen LogP contribution in [-0.4, -0.2) is 16.0 Å². The number of fused-ring (bicyclic) bond motifs is 1. The number of aromatic nitrogens is 2. The summed E-state index contributed by atoms with van der Waals surface area (Å²) in [7, 11) is 0. The van der Waals surface area contributed by atoms with Crippen LogP contribution in [0.3, 0.4) is 0 Å². The average Bonchev–Trinajstić information content (AvgIpc) is 2.80. The van der Waals surface area contributed by atoms with Crippen LogP contribution in [0, 0.1) is 6.92 Å². The molecule has 0 aliphatic heterocycles. The monoisotopic (exact) mass is 265 g/mol. The summed E-state index contributed by atoms with van der Waals surface area (Å²) in [6, 6.07) is 11.1. The molecule has 0 fully saturated rings. The first-order valence-corrected chi connectivity index (χ1v) is 6.94. The summed E-state index contributed by atoms with van der Waals surface area (Å²) in [5.74, 6) is 0. The lowest BCUT2D eigenvalue weighted by Gasteiger charge is -2.11. The maximum Gasteiger partial charge on any atom is 0.137 e. The van der Waals surface area contributed by atoms with Gasteiger partial charge in [0.25, 0.3) is 0 Å². The van der Waals surface area contributed by atoms with Crippen LogP contribution in [0.5, 0.6) is 0 Å². The zero-order chi connectivity index (χ0) is 14.1. The van der Waals surface area contributed by atoms with Crippen molar-refractivity contribution in [3.05, 3.63) is 48.3 Å². The van der Waals surface area contributed by atoms with Gasteiger partial charge in [-0.25, -0.2) is 4.98 Å². The lowest BCUT2D eigenvalue weighted by molar-refractivity contribution is 0.900. The Labute approximate surface area is 119 Å². The predicted molar refractivity (Wildman–Crippen MR) is 85.0 cm³/mol. The highest BCUT2D eigenvalue weighted by atomic mass is 14.9. The molecule has 3 nitrogen and oxygen atoms in total. The van der Waals surface area contributed by atoms with Gasteiger partial charge in [-0.05, 0) is 50.1 Å². The summed E-state index contributed by atoms with van der Waals surface area (Å²) < 4.78 is 0. The highest BCUT2D eigenvalue weighted by Gasteiger charge is 2.05. The molecule has 0 saturated heterocycles. The molecule has 20 heavy (non-hydrogen) atoms. The number of nitrogens with one attached hydrogen (secondary N) is 2. The van der Waals surface area contributed by atoms with Crippen LogP contribution in [0.4, 0.5) is 5.69 Å². The van der Waals surface area contributed by atoms with Gasteiger partial charge in [0.1, 0.15) is 5.65 Å². The molecule has 0 saturated carbocycles. The fourth-order valence-electron chi connectivity index (χ4n) is 2.41. The lowest BCUT2D eigenvalue weighted by Crippen LogP contribution is -2.09. The van der Waals surface area contributed by atoms with Crippen molar-refractivity contribution in [2.75, 3.05) is 5.32 Å². The SMILES string of the molecule is Cc1c[nH]c2ncc(-c3cccc(NC(C)C)c3)cc12. The topological polar surface area (TPSA) is 40.7 Å². The number of hydrogen-bond acceptors (Lipinski definition) is 2. The second-order valence-corrected chi connectivity index (χ2v) is 5.47. The molecule has 3 heteroatoms. The number of aromatic amines is 1. The van der Waals surface area contributed by atoms with E-state index in [0.717, 1.165) is 16.9 Å².